The van der Waals surface area contributed by atoms with Crippen LogP contribution in [0.25, 0.3) is 5.69 Å². The molecule has 0 spiro atoms. The minimum Gasteiger partial charge on any atom is -0.506 e. The van der Waals surface area contributed by atoms with Crippen molar-refractivity contribution in [3.8, 4) is 11.4 Å². The molecule has 15 heavy (non-hydrogen) atoms. The molecule has 0 aliphatic carbocycles. The van der Waals surface area contributed by atoms with Crippen LogP contribution in [0.3, 0.4) is 0 Å². The second kappa shape index (κ2) is 3.10. The number of nitrogens with zero attached hydrogens (tertiary/aromatic N) is 2. The first-order valence-corrected chi connectivity index (χ1v) is 4.91. The molecular formula is C11H11N3O. The maximum absolute atomic E-state index is 9.73. The Morgan fingerprint density at radius 1 is 1.27 bits per heavy atom. The van der Waals surface area contributed by atoms with Crippen molar-refractivity contribution < 1.29 is 5.11 Å². The van der Waals surface area contributed by atoms with Gasteiger partial charge in [0.15, 0.2) is 0 Å². The molecule has 0 radical (unpaired) electrons. The lowest BCUT2D eigenvalue weighted by molar-refractivity contribution is 0.469. The maximum atomic E-state index is 9.73. The van der Waals surface area contributed by atoms with Gasteiger partial charge in [-0.1, -0.05) is 12.1 Å². The normalized spacial score (nSPS) is 14.1. The van der Waals surface area contributed by atoms with Crippen LogP contribution in [0.2, 0.25) is 0 Å². The highest BCUT2D eigenvalue weighted by Gasteiger charge is 2.17. The molecule has 0 saturated carbocycles. The maximum Gasteiger partial charge on any atom is 0.141 e. The summed E-state index contributed by atoms with van der Waals surface area (Å²) < 4.78 is 1.80. The van der Waals surface area contributed by atoms with Gasteiger partial charge in [0.05, 0.1) is 11.9 Å². The fourth-order valence-corrected chi connectivity index (χ4v) is 1.91. The molecule has 1 aromatic heterocycles. The van der Waals surface area contributed by atoms with Crippen molar-refractivity contribution in [2.45, 2.75) is 13.1 Å². The third-order valence-electron chi connectivity index (χ3n) is 2.67. The molecule has 4 heteroatoms. The number of rotatable bonds is 1. The molecule has 0 fully saturated rings. The number of phenols is 1. The van der Waals surface area contributed by atoms with Gasteiger partial charge in [0.2, 0.25) is 0 Å². The van der Waals surface area contributed by atoms with E-state index < -0.39 is 0 Å². The molecule has 76 valence electrons. The van der Waals surface area contributed by atoms with Gasteiger partial charge in [-0.3, -0.25) is 0 Å². The van der Waals surface area contributed by atoms with Crippen LogP contribution in [0, 0.1) is 0 Å². The summed E-state index contributed by atoms with van der Waals surface area (Å²) in [5, 5.41) is 17.3. The topological polar surface area (TPSA) is 50.1 Å². The van der Waals surface area contributed by atoms with E-state index in [2.05, 4.69) is 10.4 Å². The molecule has 4 nitrogen and oxygen atoms in total. The number of fused-ring (bicyclic) bond motifs is 1. The van der Waals surface area contributed by atoms with Gasteiger partial charge in [-0.05, 0) is 12.1 Å². The number of aromatic hydroxyl groups is 1. The Balaban J connectivity index is 2.17. The largest absolute Gasteiger partial charge is 0.506 e. The predicted molar refractivity (Wildman–Crippen MR) is 55.8 cm³/mol. The highest BCUT2D eigenvalue weighted by atomic mass is 16.3. The Labute approximate surface area is 87.2 Å². The number of nitrogens with one attached hydrogen (secondary N) is 1. The average molecular weight is 201 g/mol. The zero-order valence-electron chi connectivity index (χ0n) is 8.14. The molecule has 0 saturated heterocycles. The van der Waals surface area contributed by atoms with E-state index in [0.717, 1.165) is 24.5 Å². The Kier molecular flexibility index (Phi) is 1.76. The average Bonchev–Trinajstić information content (AvgIpc) is 2.80. The molecule has 1 aliphatic rings. The van der Waals surface area contributed by atoms with Crippen molar-refractivity contribution in [3.63, 3.8) is 0 Å². The van der Waals surface area contributed by atoms with E-state index in [4.69, 9.17) is 0 Å². The van der Waals surface area contributed by atoms with Crippen molar-refractivity contribution in [3.05, 3.63) is 41.7 Å². The van der Waals surface area contributed by atoms with Crippen LogP contribution < -0.4 is 5.32 Å². The summed E-state index contributed by atoms with van der Waals surface area (Å²) in [4.78, 5) is 0. The number of hydrogen-bond acceptors (Lipinski definition) is 3. The fourth-order valence-electron chi connectivity index (χ4n) is 1.91. The Morgan fingerprint density at radius 3 is 3.00 bits per heavy atom. The van der Waals surface area contributed by atoms with Crippen LogP contribution >= 0.6 is 0 Å². The van der Waals surface area contributed by atoms with Crippen molar-refractivity contribution in [1.29, 1.82) is 0 Å². The zero-order chi connectivity index (χ0) is 10.3. The fraction of sp³-hybridized carbons (Fsp3) is 0.182. The smallest absolute Gasteiger partial charge is 0.141 e. The lowest BCUT2D eigenvalue weighted by atomic mass is 10.2. The Hall–Kier alpha value is -1.81. The highest BCUT2D eigenvalue weighted by molar-refractivity contribution is 5.47. The van der Waals surface area contributed by atoms with Crippen LogP contribution in [0.5, 0.6) is 5.75 Å². The molecule has 3 rings (SSSR count). The van der Waals surface area contributed by atoms with Crippen molar-refractivity contribution in [1.82, 2.24) is 15.1 Å². The lowest BCUT2D eigenvalue weighted by Gasteiger charge is -2.06. The standard InChI is InChI=1S/C11H11N3O/c15-11-4-2-1-3-9(11)14-10-7-12-5-8(10)6-13-14/h1-4,6,12,15H,5,7H2. The number of hydrogen-bond donors (Lipinski definition) is 2. The summed E-state index contributed by atoms with van der Waals surface area (Å²) >= 11 is 0. The van der Waals surface area contributed by atoms with Gasteiger partial charge in [-0.25, -0.2) is 4.68 Å². The van der Waals surface area contributed by atoms with E-state index in [1.165, 1.54) is 5.56 Å². The molecule has 0 atom stereocenters. The Morgan fingerprint density at radius 2 is 2.13 bits per heavy atom. The molecule has 0 amide bonds. The van der Waals surface area contributed by atoms with Crippen LogP contribution in [0.4, 0.5) is 0 Å². The third kappa shape index (κ3) is 1.22. The van der Waals surface area contributed by atoms with E-state index in [-0.39, 0.29) is 5.75 Å². The summed E-state index contributed by atoms with van der Waals surface area (Å²) in [5.41, 5.74) is 3.08. The van der Waals surface area contributed by atoms with Gasteiger partial charge in [0.25, 0.3) is 0 Å². The molecule has 2 N–H and O–H groups in total. The second-order valence-electron chi connectivity index (χ2n) is 3.62. The first-order chi connectivity index (χ1) is 7.36. The SMILES string of the molecule is Oc1ccccc1-n1ncc2c1CNC2. The summed E-state index contributed by atoms with van der Waals surface area (Å²) in [6, 6.07) is 7.24. The van der Waals surface area contributed by atoms with Crippen LogP contribution in [0.1, 0.15) is 11.3 Å². The Bertz CT molecular complexity index is 504. The lowest BCUT2D eigenvalue weighted by Crippen LogP contribution is -2.07. The van der Waals surface area contributed by atoms with E-state index in [0.29, 0.717) is 0 Å². The molecule has 2 aromatic rings. The molecule has 1 aromatic carbocycles. The minimum absolute atomic E-state index is 0.260. The first kappa shape index (κ1) is 8.49. The van der Waals surface area contributed by atoms with Crippen LogP contribution in [0.15, 0.2) is 30.5 Å². The van der Waals surface area contributed by atoms with Gasteiger partial charge in [0, 0.05) is 18.7 Å². The van der Waals surface area contributed by atoms with E-state index >= 15 is 0 Å². The summed E-state index contributed by atoms with van der Waals surface area (Å²) in [7, 11) is 0. The van der Waals surface area contributed by atoms with Gasteiger partial charge in [-0.15, -0.1) is 0 Å². The molecule has 0 bridgehead atoms. The van der Waals surface area contributed by atoms with Crippen LogP contribution in [-0.4, -0.2) is 14.9 Å². The summed E-state index contributed by atoms with van der Waals surface area (Å²) in [5.74, 6) is 0.260. The molecule has 1 aliphatic heterocycles. The van der Waals surface area contributed by atoms with Crippen LogP contribution in [-0.2, 0) is 13.1 Å². The first-order valence-electron chi connectivity index (χ1n) is 4.91. The van der Waals surface area contributed by atoms with Gasteiger partial charge in [-0.2, -0.15) is 5.10 Å². The molecule has 2 heterocycles. The molecular weight excluding hydrogens is 190 g/mol. The minimum atomic E-state index is 0.260. The number of aromatic nitrogens is 2. The van der Waals surface area contributed by atoms with Crippen molar-refractivity contribution in [2.75, 3.05) is 0 Å². The second-order valence-corrected chi connectivity index (χ2v) is 3.62. The zero-order valence-corrected chi connectivity index (χ0v) is 8.14. The number of benzene rings is 1. The van der Waals surface area contributed by atoms with Gasteiger partial charge >= 0.3 is 0 Å². The molecule has 0 unspecified atom stereocenters. The van der Waals surface area contributed by atoms with Gasteiger partial charge in [0.1, 0.15) is 11.4 Å². The monoisotopic (exact) mass is 201 g/mol. The summed E-state index contributed by atoms with van der Waals surface area (Å²) in [6.07, 6.45) is 1.85. The third-order valence-corrected chi connectivity index (χ3v) is 2.67. The van der Waals surface area contributed by atoms with Crippen molar-refractivity contribution in [2.24, 2.45) is 0 Å². The highest BCUT2D eigenvalue weighted by Crippen LogP contribution is 2.24. The van der Waals surface area contributed by atoms with Crippen molar-refractivity contribution >= 4 is 0 Å². The van der Waals surface area contributed by atoms with E-state index in [1.54, 1.807) is 16.8 Å². The predicted octanol–water partition coefficient (Wildman–Crippen LogP) is 1.18. The number of para-hydroxylation sites is 2. The number of phenolic OH excluding ortho intramolecular Hbond substituents is 1. The van der Waals surface area contributed by atoms with Gasteiger partial charge < -0.3 is 10.4 Å². The quantitative estimate of drug-likeness (QED) is 0.728. The van der Waals surface area contributed by atoms with E-state index in [1.807, 2.05) is 18.3 Å². The van der Waals surface area contributed by atoms with E-state index in [9.17, 15) is 5.11 Å². The summed E-state index contributed by atoms with van der Waals surface area (Å²) in [6.45, 7) is 1.67.